The molecule has 0 spiro atoms. The summed E-state index contributed by atoms with van der Waals surface area (Å²) in [4.78, 5) is 24.4. The van der Waals surface area contributed by atoms with Gasteiger partial charge in [-0.2, -0.15) is 5.10 Å². The maximum absolute atomic E-state index is 12.8. The molecule has 1 aliphatic rings. The third kappa shape index (κ3) is 2.97. The first-order valence-electron chi connectivity index (χ1n) is 9.29. The molecule has 4 aromatic rings. The van der Waals surface area contributed by atoms with Crippen molar-refractivity contribution in [3.8, 4) is 11.1 Å². The number of hydrogen-bond donors (Lipinski definition) is 0. The predicted octanol–water partition coefficient (Wildman–Crippen LogP) is 3.79. The van der Waals surface area contributed by atoms with Gasteiger partial charge in [0, 0.05) is 48.7 Å². The Kier molecular flexibility index (Phi) is 4.16. The number of pyridine rings is 2. The van der Waals surface area contributed by atoms with Crippen molar-refractivity contribution in [1.29, 1.82) is 0 Å². The van der Waals surface area contributed by atoms with Crippen molar-refractivity contribution in [2.45, 2.75) is 19.3 Å². The molecule has 5 rings (SSSR count). The number of fused-ring (bicyclic) bond motifs is 1. The normalized spacial score (nSPS) is 16.8. The summed E-state index contributed by atoms with van der Waals surface area (Å²) < 4.78 is 1.82. The summed E-state index contributed by atoms with van der Waals surface area (Å²) in [7, 11) is 0. The Bertz CT molecular complexity index is 1150. The number of likely N-dealkylation sites (tertiary alicyclic amines) is 1. The summed E-state index contributed by atoms with van der Waals surface area (Å²) >= 11 is 1.51. The van der Waals surface area contributed by atoms with E-state index in [2.05, 4.69) is 4.98 Å². The van der Waals surface area contributed by atoms with Crippen LogP contribution in [0.1, 0.15) is 33.4 Å². The number of aryl methyl sites for hydroxylation is 1. The van der Waals surface area contributed by atoms with Crippen LogP contribution in [0.2, 0.25) is 0 Å². The van der Waals surface area contributed by atoms with Gasteiger partial charge < -0.3 is 4.90 Å². The van der Waals surface area contributed by atoms with Gasteiger partial charge in [-0.05, 0) is 48.6 Å². The van der Waals surface area contributed by atoms with E-state index in [9.17, 15) is 4.79 Å². The topological polar surface area (TPSA) is 63.4 Å². The zero-order valence-corrected chi connectivity index (χ0v) is 16.3. The Morgan fingerprint density at radius 3 is 2.93 bits per heavy atom. The second-order valence-electron chi connectivity index (χ2n) is 7.10. The van der Waals surface area contributed by atoms with Crippen molar-refractivity contribution >= 4 is 22.9 Å². The van der Waals surface area contributed by atoms with Crippen LogP contribution in [0.5, 0.6) is 0 Å². The van der Waals surface area contributed by atoms with Crippen molar-refractivity contribution < 1.29 is 4.79 Å². The van der Waals surface area contributed by atoms with Crippen LogP contribution in [0.25, 0.3) is 16.8 Å². The first-order valence-corrected chi connectivity index (χ1v) is 10.2. The Morgan fingerprint density at radius 1 is 1.21 bits per heavy atom. The fourth-order valence-corrected chi connectivity index (χ4v) is 4.56. The molecule has 1 amide bonds. The minimum absolute atomic E-state index is 0.123. The van der Waals surface area contributed by atoms with Crippen molar-refractivity contribution in [3.05, 3.63) is 70.6 Å². The molecule has 0 aliphatic carbocycles. The van der Waals surface area contributed by atoms with E-state index in [0.29, 0.717) is 6.54 Å². The van der Waals surface area contributed by atoms with Crippen LogP contribution in [0, 0.1) is 6.92 Å². The maximum Gasteiger partial charge on any atom is 0.264 e. The number of thiophene rings is 1. The van der Waals surface area contributed by atoms with Gasteiger partial charge >= 0.3 is 0 Å². The Morgan fingerprint density at radius 2 is 2.14 bits per heavy atom. The number of rotatable bonds is 3. The summed E-state index contributed by atoms with van der Waals surface area (Å²) in [6, 6.07) is 9.96. The highest BCUT2D eigenvalue weighted by Gasteiger charge is 2.31. The third-order valence-corrected chi connectivity index (χ3v) is 6.24. The minimum atomic E-state index is 0.123. The smallest absolute Gasteiger partial charge is 0.264 e. The lowest BCUT2D eigenvalue weighted by Crippen LogP contribution is -2.28. The molecule has 6 nitrogen and oxygen atoms in total. The van der Waals surface area contributed by atoms with Crippen molar-refractivity contribution in [1.82, 2.24) is 24.5 Å². The lowest BCUT2D eigenvalue weighted by atomic mass is 10.1. The van der Waals surface area contributed by atoms with Crippen molar-refractivity contribution in [3.63, 3.8) is 0 Å². The van der Waals surface area contributed by atoms with Gasteiger partial charge in [-0.25, -0.2) is 9.50 Å². The molecule has 1 saturated heterocycles. The van der Waals surface area contributed by atoms with Gasteiger partial charge in [-0.15, -0.1) is 11.3 Å². The summed E-state index contributed by atoms with van der Waals surface area (Å²) in [6.07, 6.45) is 6.48. The minimum Gasteiger partial charge on any atom is -0.337 e. The highest BCUT2D eigenvalue weighted by Crippen LogP contribution is 2.28. The molecule has 0 aromatic carbocycles. The molecular weight excluding hydrogens is 370 g/mol. The van der Waals surface area contributed by atoms with E-state index in [1.54, 1.807) is 6.20 Å². The standard InChI is InChI=1S/C21H19N5OS/c1-14-7-10-28-19(14)21(27)25-9-6-17(12-25)20-23-18-5-4-16(13-26(18)24-20)15-3-2-8-22-11-15/h2-5,7-8,10-11,13,17H,6,9,12H2,1H3/t17-/m1/s1. The van der Waals surface area contributed by atoms with E-state index in [1.807, 2.05) is 64.4 Å². The molecule has 7 heteroatoms. The predicted molar refractivity (Wildman–Crippen MR) is 109 cm³/mol. The fourth-order valence-electron chi connectivity index (χ4n) is 3.67. The first-order chi connectivity index (χ1) is 13.7. The second-order valence-corrected chi connectivity index (χ2v) is 8.02. The maximum atomic E-state index is 12.8. The fraction of sp³-hybridized carbons (Fsp3) is 0.238. The van der Waals surface area contributed by atoms with E-state index >= 15 is 0 Å². The lowest BCUT2D eigenvalue weighted by Gasteiger charge is -2.15. The van der Waals surface area contributed by atoms with E-state index in [4.69, 9.17) is 10.1 Å². The highest BCUT2D eigenvalue weighted by atomic mass is 32.1. The van der Waals surface area contributed by atoms with Gasteiger partial charge in [-0.1, -0.05) is 6.07 Å². The molecule has 28 heavy (non-hydrogen) atoms. The van der Waals surface area contributed by atoms with Crippen molar-refractivity contribution in [2.24, 2.45) is 0 Å². The van der Waals surface area contributed by atoms with Gasteiger partial charge in [0.25, 0.3) is 5.91 Å². The molecule has 0 saturated carbocycles. The number of nitrogens with zero attached hydrogens (tertiary/aromatic N) is 5. The number of amides is 1. The molecule has 4 aromatic heterocycles. The van der Waals surface area contributed by atoms with Gasteiger partial charge in [0.1, 0.15) is 0 Å². The molecule has 1 aliphatic heterocycles. The SMILES string of the molecule is Cc1ccsc1C(=O)N1CC[C@@H](c2nc3ccc(-c4cccnc4)cn3n2)C1. The van der Waals surface area contributed by atoms with Crippen LogP contribution in [-0.4, -0.2) is 43.5 Å². The molecular formula is C21H19N5OS. The van der Waals surface area contributed by atoms with E-state index in [1.165, 1.54) is 11.3 Å². The number of aromatic nitrogens is 4. The van der Waals surface area contributed by atoms with E-state index in [-0.39, 0.29) is 11.8 Å². The average molecular weight is 389 g/mol. The van der Waals surface area contributed by atoms with Crippen LogP contribution in [0.4, 0.5) is 0 Å². The number of carbonyl (C=O) groups is 1. The molecule has 140 valence electrons. The summed E-state index contributed by atoms with van der Waals surface area (Å²) in [5, 5.41) is 6.68. The molecule has 0 bridgehead atoms. The van der Waals surface area contributed by atoms with Crippen LogP contribution in [0.3, 0.4) is 0 Å². The molecule has 0 unspecified atom stereocenters. The zero-order valence-electron chi connectivity index (χ0n) is 15.4. The van der Waals surface area contributed by atoms with Gasteiger partial charge in [0.2, 0.25) is 0 Å². The molecule has 0 N–H and O–H groups in total. The van der Waals surface area contributed by atoms with Crippen LogP contribution < -0.4 is 0 Å². The van der Waals surface area contributed by atoms with Crippen LogP contribution in [-0.2, 0) is 0 Å². The van der Waals surface area contributed by atoms with Gasteiger partial charge in [0.05, 0.1) is 4.88 Å². The number of carbonyl (C=O) groups excluding carboxylic acids is 1. The first kappa shape index (κ1) is 17.1. The monoisotopic (exact) mass is 389 g/mol. The lowest BCUT2D eigenvalue weighted by molar-refractivity contribution is 0.0794. The largest absolute Gasteiger partial charge is 0.337 e. The highest BCUT2D eigenvalue weighted by molar-refractivity contribution is 7.12. The van der Waals surface area contributed by atoms with Crippen LogP contribution >= 0.6 is 11.3 Å². The molecule has 1 atom stereocenters. The Labute approximate surface area is 166 Å². The summed E-state index contributed by atoms with van der Waals surface area (Å²) in [5.74, 6) is 1.10. The van der Waals surface area contributed by atoms with E-state index < -0.39 is 0 Å². The molecule has 1 fully saturated rings. The van der Waals surface area contributed by atoms with Gasteiger partial charge in [-0.3, -0.25) is 9.78 Å². The second kappa shape index (κ2) is 6.83. The van der Waals surface area contributed by atoms with Crippen LogP contribution in [0.15, 0.2) is 54.3 Å². The number of hydrogen-bond acceptors (Lipinski definition) is 5. The quantitative estimate of drug-likeness (QED) is 0.535. The van der Waals surface area contributed by atoms with Gasteiger partial charge in [0.15, 0.2) is 11.5 Å². The van der Waals surface area contributed by atoms with Crippen molar-refractivity contribution in [2.75, 3.05) is 13.1 Å². The summed E-state index contributed by atoms with van der Waals surface area (Å²) in [6.45, 7) is 3.40. The molecule has 0 radical (unpaired) electrons. The summed E-state index contributed by atoms with van der Waals surface area (Å²) in [5.41, 5.74) is 3.97. The van der Waals surface area contributed by atoms with E-state index in [0.717, 1.165) is 46.0 Å². The third-order valence-electron chi connectivity index (χ3n) is 5.24. The molecule has 5 heterocycles. The average Bonchev–Trinajstić information content (AvgIpc) is 3.46. The Balaban J connectivity index is 1.38. The Hall–Kier alpha value is -3.06. The zero-order chi connectivity index (χ0) is 19.1.